The van der Waals surface area contributed by atoms with Gasteiger partial charge in [0, 0.05) is 16.1 Å². The lowest BCUT2D eigenvalue weighted by atomic mass is 9.84. The predicted octanol–water partition coefficient (Wildman–Crippen LogP) is 4.41. The van der Waals surface area contributed by atoms with E-state index in [-0.39, 0.29) is 5.41 Å². The van der Waals surface area contributed by atoms with Crippen LogP contribution in [0.5, 0.6) is 0 Å². The molecule has 0 saturated carbocycles. The van der Waals surface area contributed by atoms with Crippen molar-refractivity contribution in [2.75, 3.05) is 7.05 Å². The van der Waals surface area contributed by atoms with Gasteiger partial charge in [0.15, 0.2) is 0 Å². The molecule has 19 heavy (non-hydrogen) atoms. The Balaban J connectivity index is 2.26. The van der Waals surface area contributed by atoms with E-state index < -0.39 is 0 Å². The standard InChI is InChI=1S/C17H23NS/c1-17(2,3)16-13-8-11-6-5-7-12(11)9-14(13)19-15(16)10-18-4/h8-9,18H,5-7,10H2,1-4H3. The number of hydrogen-bond donors (Lipinski definition) is 1. The van der Waals surface area contributed by atoms with Crippen molar-refractivity contribution in [3.05, 3.63) is 33.7 Å². The van der Waals surface area contributed by atoms with E-state index >= 15 is 0 Å². The SMILES string of the molecule is CNCc1sc2cc3c(cc2c1C(C)(C)C)CCC3. The molecule has 1 aromatic heterocycles. The number of aryl methyl sites for hydroxylation is 2. The molecular formula is C17H23NS. The van der Waals surface area contributed by atoms with E-state index in [0.29, 0.717) is 0 Å². The summed E-state index contributed by atoms with van der Waals surface area (Å²) < 4.78 is 1.48. The first-order valence-corrected chi connectivity index (χ1v) is 8.04. The first kappa shape index (κ1) is 13.1. The third-order valence-electron chi connectivity index (χ3n) is 4.06. The van der Waals surface area contributed by atoms with E-state index in [1.165, 1.54) is 34.2 Å². The van der Waals surface area contributed by atoms with Crippen molar-refractivity contribution in [1.29, 1.82) is 0 Å². The molecule has 0 aliphatic heterocycles. The van der Waals surface area contributed by atoms with Gasteiger partial charge in [-0.2, -0.15) is 0 Å². The van der Waals surface area contributed by atoms with Gasteiger partial charge in [-0.3, -0.25) is 0 Å². The molecule has 0 amide bonds. The molecule has 1 heterocycles. The van der Waals surface area contributed by atoms with Gasteiger partial charge in [-0.25, -0.2) is 0 Å². The summed E-state index contributed by atoms with van der Waals surface area (Å²) in [5.41, 5.74) is 4.95. The van der Waals surface area contributed by atoms with Crippen LogP contribution in [0, 0.1) is 0 Å². The van der Waals surface area contributed by atoms with Gasteiger partial charge in [-0.15, -0.1) is 11.3 Å². The van der Waals surface area contributed by atoms with Crippen molar-refractivity contribution < 1.29 is 0 Å². The average Bonchev–Trinajstić information content (AvgIpc) is 2.87. The Morgan fingerprint density at radius 3 is 2.47 bits per heavy atom. The van der Waals surface area contributed by atoms with Crippen LogP contribution < -0.4 is 5.32 Å². The van der Waals surface area contributed by atoms with Crippen LogP contribution in [0.15, 0.2) is 12.1 Å². The average molecular weight is 273 g/mol. The second-order valence-corrected chi connectivity index (χ2v) is 7.79. The molecule has 0 fully saturated rings. The molecule has 0 radical (unpaired) electrons. The molecule has 1 nitrogen and oxygen atoms in total. The minimum absolute atomic E-state index is 0.220. The predicted molar refractivity (Wildman–Crippen MR) is 85.3 cm³/mol. The highest BCUT2D eigenvalue weighted by molar-refractivity contribution is 7.19. The molecule has 0 spiro atoms. The molecule has 102 valence electrons. The van der Waals surface area contributed by atoms with Crippen LogP contribution >= 0.6 is 11.3 Å². The van der Waals surface area contributed by atoms with Crippen molar-refractivity contribution in [1.82, 2.24) is 5.32 Å². The van der Waals surface area contributed by atoms with Crippen LogP contribution in [0.1, 0.15) is 48.8 Å². The van der Waals surface area contributed by atoms with Gasteiger partial charge >= 0.3 is 0 Å². The van der Waals surface area contributed by atoms with Gasteiger partial charge in [0.1, 0.15) is 0 Å². The van der Waals surface area contributed by atoms with Gasteiger partial charge in [0.2, 0.25) is 0 Å². The van der Waals surface area contributed by atoms with Crippen LogP contribution in [0.25, 0.3) is 10.1 Å². The lowest BCUT2D eigenvalue weighted by Crippen LogP contribution is -2.15. The first-order valence-electron chi connectivity index (χ1n) is 7.23. The quantitative estimate of drug-likeness (QED) is 0.855. The topological polar surface area (TPSA) is 12.0 Å². The number of thiophene rings is 1. The Hall–Kier alpha value is -0.860. The van der Waals surface area contributed by atoms with Gasteiger partial charge in [0.05, 0.1) is 0 Å². The molecule has 1 aliphatic rings. The van der Waals surface area contributed by atoms with Gasteiger partial charge in [0.25, 0.3) is 0 Å². The molecule has 3 rings (SSSR count). The van der Waals surface area contributed by atoms with Crippen molar-refractivity contribution in [2.24, 2.45) is 0 Å². The summed E-state index contributed by atoms with van der Waals surface area (Å²) in [5.74, 6) is 0. The fourth-order valence-electron chi connectivity index (χ4n) is 3.32. The Bertz CT molecular complexity index is 616. The second kappa shape index (κ2) is 4.60. The summed E-state index contributed by atoms with van der Waals surface area (Å²) in [6, 6.07) is 4.94. The summed E-state index contributed by atoms with van der Waals surface area (Å²) in [6.07, 6.45) is 3.88. The zero-order chi connectivity index (χ0) is 13.6. The first-order chi connectivity index (χ1) is 9.00. The molecule has 2 heteroatoms. The number of rotatable bonds is 2. The maximum atomic E-state index is 3.33. The Morgan fingerprint density at radius 1 is 1.16 bits per heavy atom. The Morgan fingerprint density at radius 2 is 1.84 bits per heavy atom. The highest BCUT2D eigenvalue weighted by Gasteiger charge is 2.24. The van der Waals surface area contributed by atoms with Gasteiger partial charge in [-0.05, 0) is 65.9 Å². The zero-order valence-electron chi connectivity index (χ0n) is 12.4. The minimum Gasteiger partial charge on any atom is -0.315 e. The molecule has 1 aliphatic carbocycles. The third-order valence-corrected chi connectivity index (χ3v) is 5.22. The Labute approximate surface area is 120 Å². The summed E-state index contributed by atoms with van der Waals surface area (Å²) in [5, 5.41) is 4.83. The van der Waals surface area contributed by atoms with E-state index in [1.54, 1.807) is 16.7 Å². The van der Waals surface area contributed by atoms with Crippen LogP contribution in [0.3, 0.4) is 0 Å². The van der Waals surface area contributed by atoms with Gasteiger partial charge in [-0.1, -0.05) is 20.8 Å². The van der Waals surface area contributed by atoms with E-state index in [2.05, 4.69) is 38.2 Å². The van der Waals surface area contributed by atoms with Crippen LogP contribution in [0.2, 0.25) is 0 Å². The zero-order valence-corrected chi connectivity index (χ0v) is 13.2. The lowest BCUT2D eigenvalue weighted by Gasteiger charge is -2.21. The van der Waals surface area contributed by atoms with Crippen LogP contribution in [-0.2, 0) is 24.8 Å². The van der Waals surface area contributed by atoms with E-state index in [4.69, 9.17) is 0 Å². The fourth-order valence-corrected chi connectivity index (χ4v) is 4.79. The minimum atomic E-state index is 0.220. The number of hydrogen-bond acceptors (Lipinski definition) is 2. The van der Waals surface area contributed by atoms with Crippen LogP contribution in [-0.4, -0.2) is 7.05 Å². The molecule has 0 atom stereocenters. The lowest BCUT2D eigenvalue weighted by molar-refractivity contribution is 0.588. The fraction of sp³-hybridized carbons (Fsp3) is 0.529. The molecule has 0 bridgehead atoms. The normalized spacial score (nSPS) is 15.2. The summed E-state index contributed by atoms with van der Waals surface area (Å²) >= 11 is 1.98. The number of fused-ring (bicyclic) bond motifs is 2. The molecule has 1 aromatic carbocycles. The molecule has 2 aromatic rings. The number of nitrogens with one attached hydrogen (secondary N) is 1. The summed E-state index contributed by atoms with van der Waals surface area (Å²) in [6.45, 7) is 7.99. The maximum Gasteiger partial charge on any atom is 0.0352 e. The maximum absolute atomic E-state index is 3.33. The molecule has 0 saturated heterocycles. The molecule has 0 unspecified atom stereocenters. The molecular weight excluding hydrogens is 250 g/mol. The third kappa shape index (κ3) is 2.21. The van der Waals surface area contributed by atoms with Crippen molar-refractivity contribution >= 4 is 21.4 Å². The molecule has 1 N–H and O–H groups in total. The number of benzene rings is 1. The highest BCUT2D eigenvalue weighted by Crippen LogP contribution is 2.41. The van der Waals surface area contributed by atoms with E-state index in [1.807, 2.05) is 18.4 Å². The van der Waals surface area contributed by atoms with E-state index in [0.717, 1.165) is 6.54 Å². The second-order valence-electron chi connectivity index (χ2n) is 6.65. The Kier molecular flexibility index (Phi) is 3.18. The van der Waals surface area contributed by atoms with Crippen molar-refractivity contribution in [3.63, 3.8) is 0 Å². The smallest absolute Gasteiger partial charge is 0.0352 e. The summed E-state index contributed by atoms with van der Waals surface area (Å²) in [4.78, 5) is 1.51. The van der Waals surface area contributed by atoms with Crippen molar-refractivity contribution in [2.45, 2.75) is 52.0 Å². The monoisotopic (exact) mass is 273 g/mol. The van der Waals surface area contributed by atoms with Crippen LogP contribution in [0.4, 0.5) is 0 Å². The van der Waals surface area contributed by atoms with Gasteiger partial charge < -0.3 is 5.32 Å². The largest absolute Gasteiger partial charge is 0.315 e. The summed E-state index contributed by atoms with van der Waals surface area (Å²) in [7, 11) is 2.04. The van der Waals surface area contributed by atoms with Crippen molar-refractivity contribution in [3.8, 4) is 0 Å². The van der Waals surface area contributed by atoms with E-state index in [9.17, 15) is 0 Å². The highest BCUT2D eigenvalue weighted by atomic mass is 32.1.